The lowest BCUT2D eigenvalue weighted by atomic mass is 10.1. The molecule has 0 aliphatic carbocycles. The summed E-state index contributed by atoms with van der Waals surface area (Å²) < 4.78 is 4.03. The topological polar surface area (TPSA) is 77.6 Å². The maximum absolute atomic E-state index is 6.04. The molecule has 0 saturated carbocycles. The molecule has 0 spiro atoms. The Labute approximate surface area is 166 Å². The molecule has 4 heterocycles. The third-order valence-electron chi connectivity index (χ3n) is 5.22. The Balaban J connectivity index is 1.38. The van der Waals surface area contributed by atoms with E-state index in [9.17, 15) is 0 Å². The van der Waals surface area contributed by atoms with Gasteiger partial charge in [-0.15, -0.1) is 15.3 Å². The molecule has 0 bridgehead atoms. The number of pyridine rings is 1. The summed E-state index contributed by atoms with van der Waals surface area (Å²) in [6.07, 6.45) is 3.68. The van der Waals surface area contributed by atoms with Crippen molar-refractivity contribution in [3.63, 3.8) is 0 Å². The van der Waals surface area contributed by atoms with E-state index < -0.39 is 0 Å². The van der Waals surface area contributed by atoms with E-state index in [-0.39, 0.29) is 6.04 Å². The van der Waals surface area contributed by atoms with Crippen molar-refractivity contribution in [2.75, 3.05) is 18.0 Å². The number of piperidine rings is 1. The van der Waals surface area contributed by atoms with Crippen molar-refractivity contribution in [2.45, 2.75) is 25.8 Å². The first kappa shape index (κ1) is 17.1. The molecular weight excluding hydrogens is 376 g/mol. The quantitative estimate of drug-likeness (QED) is 0.531. The summed E-state index contributed by atoms with van der Waals surface area (Å²) in [4.78, 5) is 6.72. The minimum Gasteiger partial charge on any atom is -0.340 e. The fourth-order valence-corrected chi connectivity index (χ4v) is 3.91. The Hall–Kier alpha value is -3.00. The van der Waals surface area contributed by atoms with E-state index in [1.165, 1.54) is 0 Å². The smallest absolute Gasteiger partial charge is 0.231 e. The number of hydrogen-bond donors (Lipinski definition) is 0. The van der Waals surface area contributed by atoms with Crippen molar-refractivity contribution in [2.24, 2.45) is 0 Å². The Bertz CT molecular complexity index is 1110. The highest BCUT2D eigenvalue weighted by atomic mass is 35.5. The zero-order chi connectivity index (χ0) is 19.1. The van der Waals surface area contributed by atoms with Crippen LogP contribution in [0.5, 0.6) is 0 Å². The summed E-state index contributed by atoms with van der Waals surface area (Å²) in [5, 5.41) is 18.0. The van der Waals surface area contributed by atoms with E-state index in [1.807, 2.05) is 48.0 Å². The van der Waals surface area contributed by atoms with Crippen LogP contribution in [0.25, 0.3) is 16.9 Å². The zero-order valence-electron chi connectivity index (χ0n) is 15.4. The van der Waals surface area contributed by atoms with E-state index >= 15 is 0 Å². The van der Waals surface area contributed by atoms with Gasteiger partial charge >= 0.3 is 0 Å². The molecule has 28 heavy (non-hydrogen) atoms. The summed E-state index contributed by atoms with van der Waals surface area (Å²) in [7, 11) is 0. The molecule has 8 nitrogen and oxygen atoms in total. The van der Waals surface area contributed by atoms with Gasteiger partial charge in [0.1, 0.15) is 11.3 Å². The summed E-state index contributed by atoms with van der Waals surface area (Å²) in [6, 6.07) is 11.9. The van der Waals surface area contributed by atoms with Crippen LogP contribution in [-0.2, 0) is 0 Å². The number of hydrogen-bond acceptors (Lipinski definition) is 6. The number of fused-ring (bicyclic) bond motifs is 1. The van der Waals surface area contributed by atoms with Crippen LogP contribution >= 0.6 is 11.6 Å². The minimum atomic E-state index is 0.282. The summed E-state index contributed by atoms with van der Waals surface area (Å²) in [6.45, 7) is 3.69. The molecule has 5 rings (SSSR count). The minimum absolute atomic E-state index is 0.282. The van der Waals surface area contributed by atoms with Crippen LogP contribution < -0.4 is 4.90 Å². The first-order valence-corrected chi connectivity index (χ1v) is 9.67. The number of halogens is 1. The second kappa shape index (κ2) is 6.87. The molecule has 4 aromatic rings. The number of aryl methyl sites for hydroxylation is 1. The predicted octanol–water partition coefficient (Wildman–Crippen LogP) is 3.21. The predicted molar refractivity (Wildman–Crippen MR) is 107 cm³/mol. The molecular formula is C19H19ClN8. The van der Waals surface area contributed by atoms with Gasteiger partial charge in [-0.25, -0.2) is 9.67 Å². The normalized spacial score (nSPS) is 15.4. The fraction of sp³-hybridized carbons (Fsp3) is 0.316. The number of benzene rings is 1. The second-order valence-corrected chi connectivity index (χ2v) is 7.39. The second-order valence-electron chi connectivity index (χ2n) is 6.96. The summed E-state index contributed by atoms with van der Waals surface area (Å²) in [5.74, 6) is 1.71. The van der Waals surface area contributed by atoms with Crippen molar-refractivity contribution in [1.29, 1.82) is 0 Å². The van der Waals surface area contributed by atoms with E-state index in [1.54, 1.807) is 6.20 Å². The monoisotopic (exact) mass is 394 g/mol. The standard InChI is InChI=1S/C19H19ClN8/c1-13-22-24-19(27(13)15-6-4-14(20)5-7-15)26-11-8-16(9-12-26)28-18-17(23-25-28)3-2-10-21-18/h2-7,10,16H,8-9,11-12H2,1H3. The lowest BCUT2D eigenvalue weighted by Gasteiger charge is -2.32. The fourth-order valence-electron chi connectivity index (χ4n) is 3.79. The van der Waals surface area contributed by atoms with Gasteiger partial charge in [-0.05, 0) is 56.2 Å². The van der Waals surface area contributed by atoms with Crippen LogP contribution in [0.1, 0.15) is 24.7 Å². The lowest BCUT2D eigenvalue weighted by Crippen LogP contribution is -2.36. The van der Waals surface area contributed by atoms with Gasteiger partial charge in [0, 0.05) is 24.3 Å². The highest BCUT2D eigenvalue weighted by molar-refractivity contribution is 6.30. The molecule has 9 heteroatoms. The van der Waals surface area contributed by atoms with Gasteiger partial charge < -0.3 is 4.90 Å². The Morgan fingerprint density at radius 1 is 1.00 bits per heavy atom. The molecule has 1 aliphatic rings. The number of rotatable bonds is 3. The molecule has 1 fully saturated rings. The Kier molecular flexibility index (Phi) is 4.20. The van der Waals surface area contributed by atoms with Gasteiger partial charge in [0.25, 0.3) is 0 Å². The van der Waals surface area contributed by atoms with Gasteiger partial charge in [0.2, 0.25) is 5.95 Å². The van der Waals surface area contributed by atoms with Crippen molar-refractivity contribution in [1.82, 2.24) is 34.7 Å². The third kappa shape index (κ3) is 2.90. The molecule has 1 aromatic carbocycles. The van der Waals surface area contributed by atoms with Gasteiger partial charge in [-0.3, -0.25) is 4.57 Å². The average Bonchev–Trinajstić information content (AvgIpc) is 3.33. The Morgan fingerprint density at radius 2 is 1.79 bits per heavy atom. The van der Waals surface area contributed by atoms with E-state index in [4.69, 9.17) is 11.6 Å². The molecule has 0 unspecified atom stereocenters. The number of nitrogens with zero attached hydrogens (tertiary/aromatic N) is 8. The van der Waals surface area contributed by atoms with Crippen molar-refractivity contribution < 1.29 is 0 Å². The van der Waals surface area contributed by atoms with Gasteiger partial charge in [0.05, 0.1) is 11.7 Å². The lowest BCUT2D eigenvalue weighted by molar-refractivity contribution is 0.364. The highest BCUT2D eigenvalue weighted by Crippen LogP contribution is 2.29. The molecule has 1 saturated heterocycles. The molecule has 0 atom stereocenters. The number of aromatic nitrogens is 7. The van der Waals surface area contributed by atoms with E-state index in [0.717, 1.165) is 54.6 Å². The highest BCUT2D eigenvalue weighted by Gasteiger charge is 2.26. The van der Waals surface area contributed by atoms with Crippen LogP contribution in [0, 0.1) is 6.92 Å². The van der Waals surface area contributed by atoms with Crippen LogP contribution in [0.4, 0.5) is 5.95 Å². The van der Waals surface area contributed by atoms with Crippen LogP contribution in [0.15, 0.2) is 42.6 Å². The van der Waals surface area contributed by atoms with Crippen molar-refractivity contribution in [3.8, 4) is 5.69 Å². The van der Waals surface area contributed by atoms with Gasteiger partial charge in [0.15, 0.2) is 5.65 Å². The SMILES string of the molecule is Cc1nnc(N2CCC(n3nnc4cccnc43)CC2)n1-c1ccc(Cl)cc1. The van der Waals surface area contributed by atoms with E-state index in [2.05, 4.69) is 35.0 Å². The van der Waals surface area contributed by atoms with Crippen LogP contribution in [0.3, 0.4) is 0 Å². The zero-order valence-corrected chi connectivity index (χ0v) is 16.2. The van der Waals surface area contributed by atoms with Crippen LogP contribution in [0.2, 0.25) is 5.02 Å². The largest absolute Gasteiger partial charge is 0.340 e. The molecule has 0 amide bonds. The Morgan fingerprint density at radius 3 is 2.57 bits per heavy atom. The maximum atomic E-state index is 6.04. The van der Waals surface area contributed by atoms with Crippen molar-refractivity contribution in [3.05, 3.63) is 53.4 Å². The average molecular weight is 395 g/mol. The third-order valence-corrected chi connectivity index (χ3v) is 5.47. The van der Waals surface area contributed by atoms with Gasteiger partial charge in [-0.1, -0.05) is 16.8 Å². The first-order valence-electron chi connectivity index (χ1n) is 9.29. The first-order chi connectivity index (χ1) is 13.7. The number of anilines is 1. The van der Waals surface area contributed by atoms with Crippen LogP contribution in [-0.4, -0.2) is 47.8 Å². The van der Waals surface area contributed by atoms with Gasteiger partial charge in [-0.2, -0.15) is 0 Å². The molecule has 142 valence electrons. The molecule has 0 N–H and O–H groups in total. The molecule has 0 radical (unpaired) electrons. The van der Waals surface area contributed by atoms with Crippen molar-refractivity contribution >= 4 is 28.7 Å². The van der Waals surface area contributed by atoms with E-state index in [0.29, 0.717) is 5.02 Å². The summed E-state index contributed by atoms with van der Waals surface area (Å²) >= 11 is 6.04. The maximum Gasteiger partial charge on any atom is 0.231 e. The molecule has 1 aliphatic heterocycles. The molecule has 3 aromatic heterocycles. The summed E-state index contributed by atoms with van der Waals surface area (Å²) in [5.41, 5.74) is 2.69.